The van der Waals surface area contributed by atoms with Crippen LogP contribution in [-0.2, 0) is 16.6 Å². The number of imidazole rings is 1. The lowest BCUT2D eigenvalue weighted by Gasteiger charge is -2.34. The Bertz CT molecular complexity index is 1420. The minimum Gasteiger partial charge on any atom is -0.454 e. The van der Waals surface area contributed by atoms with Crippen molar-refractivity contribution < 1.29 is 35.6 Å². The predicted molar refractivity (Wildman–Crippen MR) is 127 cm³/mol. The van der Waals surface area contributed by atoms with Gasteiger partial charge < -0.3 is 20.2 Å². The first-order chi connectivity index (χ1) is 17.0. The third kappa shape index (κ3) is 4.70. The van der Waals surface area contributed by atoms with Gasteiger partial charge in [0.1, 0.15) is 0 Å². The van der Waals surface area contributed by atoms with Gasteiger partial charge in [-0.15, -0.1) is 0 Å². The van der Waals surface area contributed by atoms with E-state index in [1.165, 1.54) is 18.1 Å². The standard InChI is InChI=1S/C20H20BrF3N6O4S2/c21-12-7-13-14(34-10-33-13)8-15(12)35-19-27-16-17(25)26-9-29(18(16)28-19)6-4-11-3-1-2-5-30(11)36(31,32)20(22,23)24/h7-9,11H,1-6,10H2,(H2,25,27,28)/p+1. The summed E-state index contributed by atoms with van der Waals surface area (Å²) in [6.07, 6.45) is 3.02. The van der Waals surface area contributed by atoms with E-state index in [1.807, 2.05) is 6.07 Å². The third-order valence-electron chi connectivity index (χ3n) is 6.04. The molecule has 2 aliphatic rings. The summed E-state index contributed by atoms with van der Waals surface area (Å²) in [6.45, 7) is 0.201. The molecule has 10 nitrogen and oxygen atoms in total. The number of anilines is 1. The van der Waals surface area contributed by atoms with Gasteiger partial charge in [0.05, 0.1) is 6.54 Å². The molecule has 36 heavy (non-hydrogen) atoms. The molecule has 16 heteroatoms. The molecule has 0 spiro atoms. The first-order valence-electron chi connectivity index (χ1n) is 10.9. The maximum atomic E-state index is 13.2. The van der Waals surface area contributed by atoms with Crippen LogP contribution in [0.3, 0.4) is 0 Å². The lowest BCUT2D eigenvalue weighted by atomic mass is 10.0. The first kappa shape index (κ1) is 25.4. The van der Waals surface area contributed by atoms with Gasteiger partial charge in [-0.05, 0) is 59.1 Å². The smallest absolute Gasteiger partial charge is 0.454 e. The van der Waals surface area contributed by atoms with Crippen LogP contribution in [-0.4, -0.2) is 52.6 Å². The van der Waals surface area contributed by atoms with Crippen LogP contribution in [0, 0.1) is 0 Å². The number of alkyl halides is 3. The van der Waals surface area contributed by atoms with E-state index in [2.05, 4.69) is 30.9 Å². The fraction of sp³-hybridized carbons (Fsp3) is 0.450. The van der Waals surface area contributed by atoms with Gasteiger partial charge in [-0.2, -0.15) is 17.5 Å². The number of aromatic amines is 1. The molecule has 194 valence electrons. The molecule has 4 heterocycles. The van der Waals surface area contributed by atoms with Crippen LogP contribution in [0.5, 0.6) is 11.5 Å². The summed E-state index contributed by atoms with van der Waals surface area (Å²) in [5.74, 6) is 1.45. The molecular weight excluding hydrogens is 589 g/mol. The molecule has 5 rings (SSSR count). The molecule has 0 amide bonds. The number of hydrogen-bond acceptors (Lipinski definition) is 8. The summed E-state index contributed by atoms with van der Waals surface area (Å²) in [5.41, 5.74) is 1.64. The van der Waals surface area contributed by atoms with E-state index in [0.29, 0.717) is 51.4 Å². The highest BCUT2D eigenvalue weighted by molar-refractivity contribution is 9.10. The topological polar surface area (TPSA) is 127 Å². The summed E-state index contributed by atoms with van der Waals surface area (Å²) < 4.78 is 77.6. The zero-order valence-corrected chi connectivity index (χ0v) is 21.8. The van der Waals surface area contributed by atoms with Gasteiger partial charge in [-0.1, -0.05) is 16.4 Å². The second kappa shape index (κ2) is 9.54. The van der Waals surface area contributed by atoms with Crippen molar-refractivity contribution in [2.24, 2.45) is 0 Å². The van der Waals surface area contributed by atoms with Crippen LogP contribution in [0.15, 0.2) is 33.0 Å². The SMILES string of the molecule is Nc1nc[n+](CCC2CCCCN2S(=O)(=O)C(F)(F)F)c2nc(Sc3cc4c(cc3Br)OCO4)[nH]c12. The van der Waals surface area contributed by atoms with Crippen LogP contribution in [0.1, 0.15) is 25.7 Å². The van der Waals surface area contributed by atoms with Gasteiger partial charge in [0.15, 0.2) is 17.0 Å². The van der Waals surface area contributed by atoms with E-state index in [9.17, 15) is 21.6 Å². The quantitative estimate of drug-likeness (QED) is 0.406. The average Bonchev–Trinajstić information content (AvgIpc) is 3.45. The van der Waals surface area contributed by atoms with Gasteiger partial charge in [0.2, 0.25) is 24.1 Å². The Hall–Kier alpha value is -2.30. The number of nitrogen functional groups attached to an aromatic ring is 1. The van der Waals surface area contributed by atoms with E-state index >= 15 is 0 Å². The molecule has 3 aromatic rings. The van der Waals surface area contributed by atoms with Crippen LogP contribution < -0.4 is 19.8 Å². The summed E-state index contributed by atoms with van der Waals surface area (Å²) in [7, 11) is -5.40. The summed E-state index contributed by atoms with van der Waals surface area (Å²) in [4.78, 5) is 12.7. The number of hydrogen-bond donors (Lipinski definition) is 2. The van der Waals surface area contributed by atoms with Gasteiger partial charge in [-0.25, -0.2) is 13.0 Å². The molecule has 0 aliphatic carbocycles. The summed E-state index contributed by atoms with van der Waals surface area (Å²) in [6, 6.07) is 2.84. The third-order valence-corrected chi connectivity index (χ3v) is 9.58. The molecule has 3 N–H and O–H groups in total. The lowest BCUT2D eigenvalue weighted by Crippen LogP contribution is -2.50. The van der Waals surface area contributed by atoms with Gasteiger partial charge in [-0.3, -0.25) is 0 Å². The lowest BCUT2D eigenvalue weighted by molar-refractivity contribution is -0.676. The van der Waals surface area contributed by atoms with Crippen molar-refractivity contribution in [3.63, 3.8) is 0 Å². The molecular formula is C20H21BrF3N6O4S2+. The highest BCUT2D eigenvalue weighted by Crippen LogP contribution is 2.42. The number of nitrogens with one attached hydrogen (secondary N) is 1. The second-order valence-corrected chi connectivity index (χ2v) is 12.1. The molecule has 1 saturated heterocycles. The molecule has 2 aliphatic heterocycles. The number of fused-ring (bicyclic) bond motifs is 2. The van der Waals surface area contributed by atoms with Crippen molar-refractivity contribution in [3.05, 3.63) is 22.9 Å². The Labute approximate surface area is 216 Å². The molecule has 1 unspecified atom stereocenters. The van der Waals surface area contributed by atoms with Gasteiger partial charge in [0, 0.05) is 22.0 Å². The monoisotopic (exact) mass is 609 g/mol. The number of aryl methyl sites for hydroxylation is 1. The molecule has 2 aromatic heterocycles. The van der Waals surface area contributed by atoms with Crippen molar-refractivity contribution in [1.29, 1.82) is 0 Å². The van der Waals surface area contributed by atoms with Crippen molar-refractivity contribution >= 4 is 54.7 Å². The zero-order chi connectivity index (χ0) is 25.7. The van der Waals surface area contributed by atoms with E-state index in [4.69, 9.17) is 15.2 Å². The number of H-pyrrole nitrogens is 1. The Morgan fingerprint density at radius 2 is 2.03 bits per heavy atom. The van der Waals surface area contributed by atoms with Crippen LogP contribution in [0.2, 0.25) is 0 Å². The Balaban J connectivity index is 1.39. The summed E-state index contributed by atoms with van der Waals surface area (Å²) in [5, 5.41) is 0.511. The van der Waals surface area contributed by atoms with Crippen LogP contribution in [0.25, 0.3) is 11.2 Å². The van der Waals surface area contributed by atoms with Gasteiger partial charge >= 0.3 is 15.5 Å². The molecule has 1 aromatic carbocycles. The normalized spacial score (nSPS) is 18.7. The number of aromatic nitrogens is 4. The van der Waals surface area contributed by atoms with Crippen molar-refractivity contribution in [1.82, 2.24) is 19.3 Å². The zero-order valence-electron chi connectivity index (χ0n) is 18.6. The molecule has 0 bridgehead atoms. The van der Waals surface area contributed by atoms with Crippen molar-refractivity contribution in [2.75, 3.05) is 19.1 Å². The fourth-order valence-electron chi connectivity index (χ4n) is 4.27. The molecule has 0 saturated carbocycles. The number of nitrogens with zero attached hydrogens (tertiary/aromatic N) is 4. The highest BCUT2D eigenvalue weighted by Gasteiger charge is 2.52. The summed E-state index contributed by atoms with van der Waals surface area (Å²) >= 11 is 4.83. The second-order valence-electron chi connectivity index (χ2n) is 8.30. The minimum atomic E-state index is -5.40. The van der Waals surface area contributed by atoms with Gasteiger partial charge in [0.25, 0.3) is 5.65 Å². The van der Waals surface area contributed by atoms with E-state index in [-0.39, 0.29) is 32.1 Å². The van der Waals surface area contributed by atoms with Crippen molar-refractivity contribution in [3.8, 4) is 11.5 Å². The van der Waals surface area contributed by atoms with E-state index in [0.717, 1.165) is 9.37 Å². The van der Waals surface area contributed by atoms with Crippen molar-refractivity contribution in [2.45, 2.75) is 53.8 Å². The number of sulfonamides is 1. The number of piperidine rings is 1. The highest BCUT2D eigenvalue weighted by atomic mass is 79.9. The first-order valence-corrected chi connectivity index (χ1v) is 14.0. The fourth-order valence-corrected chi connectivity index (χ4v) is 6.89. The maximum absolute atomic E-state index is 13.2. The Morgan fingerprint density at radius 3 is 2.78 bits per heavy atom. The molecule has 1 fully saturated rings. The number of halogens is 4. The number of ether oxygens (including phenoxy) is 2. The molecule has 1 atom stereocenters. The van der Waals surface area contributed by atoms with E-state index in [1.54, 1.807) is 10.6 Å². The largest absolute Gasteiger partial charge is 0.511 e. The number of nitrogens with two attached hydrogens (primary N) is 1. The van der Waals surface area contributed by atoms with Crippen LogP contribution >= 0.6 is 27.7 Å². The minimum absolute atomic E-state index is 0.144. The van der Waals surface area contributed by atoms with Crippen LogP contribution in [0.4, 0.5) is 19.0 Å². The number of rotatable bonds is 6. The predicted octanol–water partition coefficient (Wildman–Crippen LogP) is 3.56. The van der Waals surface area contributed by atoms with E-state index < -0.39 is 21.6 Å². The number of benzene rings is 1. The Kier molecular flexibility index (Phi) is 6.72. The Morgan fingerprint density at radius 1 is 1.28 bits per heavy atom. The molecule has 0 radical (unpaired) electrons. The average molecular weight is 610 g/mol. The maximum Gasteiger partial charge on any atom is 0.511 e.